The Hall–Kier alpha value is -1.36. The Balaban J connectivity index is 1.71. The van der Waals surface area contributed by atoms with E-state index in [4.69, 9.17) is 4.74 Å². The number of anilines is 1. The van der Waals surface area contributed by atoms with Gasteiger partial charge in [-0.25, -0.2) is 4.98 Å². The van der Waals surface area contributed by atoms with Gasteiger partial charge < -0.3 is 10.1 Å². The summed E-state index contributed by atoms with van der Waals surface area (Å²) >= 11 is 0. The van der Waals surface area contributed by atoms with E-state index in [1.54, 1.807) is 0 Å². The average Bonchev–Trinajstić information content (AvgIpc) is 2.82. The first-order valence-electron chi connectivity index (χ1n) is 7.75. The zero-order valence-electron chi connectivity index (χ0n) is 12.4. The highest BCUT2D eigenvalue weighted by atomic mass is 16.5. The first-order chi connectivity index (χ1) is 9.76. The zero-order chi connectivity index (χ0) is 13.9. The van der Waals surface area contributed by atoms with E-state index in [2.05, 4.69) is 20.2 Å². The second-order valence-corrected chi connectivity index (χ2v) is 5.74. The lowest BCUT2D eigenvalue weighted by Crippen LogP contribution is -2.42. The molecule has 5 heteroatoms. The molecule has 3 heterocycles. The summed E-state index contributed by atoms with van der Waals surface area (Å²) in [5.74, 6) is 1.38. The minimum absolute atomic E-state index is 0.478. The van der Waals surface area contributed by atoms with Crippen LogP contribution in [0.3, 0.4) is 0 Å². The van der Waals surface area contributed by atoms with Crippen molar-refractivity contribution in [3.05, 3.63) is 11.8 Å². The molecular formula is C15H24N4O. The van der Waals surface area contributed by atoms with Gasteiger partial charge in [0.15, 0.2) is 0 Å². The minimum atomic E-state index is 0.478. The van der Waals surface area contributed by atoms with E-state index in [1.165, 1.54) is 38.8 Å². The van der Waals surface area contributed by atoms with Crippen molar-refractivity contribution in [1.29, 1.82) is 0 Å². The lowest BCUT2D eigenvalue weighted by atomic mass is 9.99. The largest absolute Gasteiger partial charge is 0.478 e. The Bertz CT molecular complexity index is 465. The summed E-state index contributed by atoms with van der Waals surface area (Å²) < 4.78 is 5.50. The molecule has 0 aliphatic carbocycles. The fourth-order valence-electron chi connectivity index (χ4n) is 3.41. The van der Waals surface area contributed by atoms with Gasteiger partial charge in [-0.1, -0.05) is 6.42 Å². The number of aromatic nitrogens is 2. The van der Waals surface area contributed by atoms with Crippen LogP contribution in [-0.2, 0) is 0 Å². The predicted octanol–water partition coefficient (Wildman–Crippen LogP) is 2.22. The minimum Gasteiger partial charge on any atom is -0.478 e. The molecule has 110 valence electrons. The van der Waals surface area contributed by atoms with Crippen LogP contribution in [0.2, 0.25) is 0 Å². The van der Waals surface area contributed by atoms with E-state index in [1.807, 2.05) is 19.9 Å². The molecule has 2 aliphatic heterocycles. The number of hydrogen-bond donors (Lipinski definition) is 1. The molecular weight excluding hydrogens is 252 g/mol. The summed E-state index contributed by atoms with van der Waals surface area (Å²) in [7, 11) is 0. The SMILES string of the molecule is CCOc1cc(C)nc(NC2CCN3CCCCC23)n1. The summed E-state index contributed by atoms with van der Waals surface area (Å²) in [6.45, 7) is 7.04. The molecule has 0 saturated carbocycles. The molecule has 0 spiro atoms. The van der Waals surface area contributed by atoms with E-state index in [0.717, 1.165) is 5.69 Å². The van der Waals surface area contributed by atoms with Gasteiger partial charge in [0.25, 0.3) is 0 Å². The summed E-state index contributed by atoms with van der Waals surface area (Å²) in [6, 6.07) is 3.02. The fraction of sp³-hybridized carbons (Fsp3) is 0.733. The van der Waals surface area contributed by atoms with Gasteiger partial charge >= 0.3 is 0 Å². The van der Waals surface area contributed by atoms with E-state index < -0.39 is 0 Å². The Morgan fingerprint density at radius 1 is 1.30 bits per heavy atom. The summed E-state index contributed by atoms with van der Waals surface area (Å²) in [4.78, 5) is 11.6. The summed E-state index contributed by atoms with van der Waals surface area (Å²) in [6.07, 6.45) is 5.17. The van der Waals surface area contributed by atoms with Crippen LogP contribution in [0.1, 0.15) is 38.3 Å². The first kappa shape index (κ1) is 13.6. The third kappa shape index (κ3) is 2.87. The van der Waals surface area contributed by atoms with Crippen LogP contribution in [0.5, 0.6) is 5.88 Å². The lowest BCUT2D eigenvalue weighted by Gasteiger charge is -2.32. The molecule has 0 radical (unpaired) electrons. The van der Waals surface area contributed by atoms with Crippen LogP contribution in [0.15, 0.2) is 6.07 Å². The highest BCUT2D eigenvalue weighted by Gasteiger charge is 2.35. The van der Waals surface area contributed by atoms with Crippen molar-refractivity contribution in [2.24, 2.45) is 0 Å². The standard InChI is InChI=1S/C15H24N4O/c1-3-20-14-10-11(2)16-15(18-14)17-12-7-9-19-8-5-4-6-13(12)19/h10,12-13H,3-9H2,1-2H3,(H,16,17,18). The van der Waals surface area contributed by atoms with Crippen molar-refractivity contribution in [3.63, 3.8) is 0 Å². The van der Waals surface area contributed by atoms with Gasteiger partial charge in [0.2, 0.25) is 11.8 Å². The van der Waals surface area contributed by atoms with Crippen LogP contribution in [0.25, 0.3) is 0 Å². The van der Waals surface area contributed by atoms with Crippen molar-refractivity contribution in [2.75, 3.05) is 25.0 Å². The predicted molar refractivity (Wildman–Crippen MR) is 79.2 cm³/mol. The van der Waals surface area contributed by atoms with Gasteiger partial charge in [0.1, 0.15) is 0 Å². The Morgan fingerprint density at radius 2 is 2.20 bits per heavy atom. The van der Waals surface area contributed by atoms with Gasteiger partial charge in [-0.3, -0.25) is 4.90 Å². The molecule has 5 nitrogen and oxygen atoms in total. The highest BCUT2D eigenvalue weighted by molar-refractivity contribution is 5.33. The molecule has 3 rings (SSSR count). The monoisotopic (exact) mass is 276 g/mol. The maximum absolute atomic E-state index is 5.50. The van der Waals surface area contributed by atoms with E-state index in [9.17, 15) is 0 Å². The van der Waals surface area contributed by atoms with Crippen molar-refractivity contribution in [1.82, 2.24) is 14.9 Å². The van der Waals surface area contributed by atoms with Gasteiger partial charge in [-0.2, -0.15) is 4.98 Å². The fourth-order valence-corrected chi connectivity index (χ4v) is 3.41. The van der Waals surface area contributed by atoms with Crippen LogP contribution >= 0.6 is 0 Å². The number of aryl methyl sites for hydroxylation is 1. The number of ether oxygens (including phenoxy) is 1. The number of hydrogen-bond acceptors (Lipinski definition) is 5. The number of nitrogens with one attached hydrogen (secondary N) is 1. The van der Waals surface area contributed by atoms with Gasteiger partial charge in [-0.15, -0.1) is 0 Å². The van der Waals surface area contributed by atoms with E-state index in [0.29, 0.717) is 30.5 Å². The maximum Gasteiger partial charge on any atom is 0.226 e. The molecule has 20 heavy (non-hydrogen) atoms. The van der Waals surface area contributed by atoms with E-state index >= 15 is 0 Å². The lowest BCUT2D eigenvalue weighted by molar-refractivity contribution is 0.192. The quantitative estimate of drug-likeness (QED) is 0.914. The van der Waals surface area contributed by atoms with Crippen LogP contribution < -0.4 is 10.1 Å². The molecule has 1 N–H and O–H groups in total. The first-order valence-corrected chi connectivity index (χ1v) is 7.75. The van der Waals surface area contributed by atoms with Gasteiger partial charge in [-0.05, 0) is 39.7 Å². The third-order valence-corrected chi connectivity index (χ3v) is 4.29. The average molecular weight is 276 g/mol. The van der Waals surface area contributed by atoms with Crippen LogP contribution in [-0.4, -0.2) is 46.6 Å². The molecule has 1 aromatic heterocycles. The zero-order valence-corrected chi connectivity index (χ0v) is 12.4. The number of fused-ring (bicyclic) bond motifs is 1. The number of nitrogens with zero attached hydrogens (tertiary/aromatic N) is 3. The second-order valence-electron chi connectivity index (χ2n) is 5.74. The smallest absolute Gasteiger partial charge is 0.226 e. The molecule has 2 aliphatic rings. The molecule has 2 fully saturated rings. The van der Waals surface area contributed by atoms with Crippen molar-refractivity contribution in [2.45, 2.75) is 51.6 Å². The number of rotatable bonds is 4. The second kappa shape index (κ2) is 5.95. The summed E-state index contributed by atoms with van der Waals surface area (Å²) in [5, 5.41) is 3.54. The van der Waals surface area contributed by atoms with Crippen LogP contribution in [0, 0.1) is 6.92 Å². The topological polar surface area (TPSA) is 50.3 Å². The molecule has 0 amide bonds. The van der Waals surface area contributed by atoms with Gasteiger partial charge in [0.05, 0.1) is 6.61 Å². The third-order valence-electron chi connectivity index (χ3n) is 4.29. The van der Waals surface area contributed by atoms with Crippen molar-refractivity contribution < 1.29 is 4.74 Å². The highest BCUT2D eigenvalue weighted by Crippen LogP contribution is 2.29. The maximum atomic E-state index is 5.50. The molecule has 2 saturated heterocycles. The normalized spacial score (nSPS) is 26.3. The van der Waals surface area contributed by atoms with E-state index in [-0.39, 0.29) is 0 Å². The molecule has 2 atom stereocenters. The van der Waals surface area contributed by atoms with Crippen molar-refractivity contribution in [3.8, 4) is 5.88 Å². The molecule has 2 unspecified atom stereocenters. The summed E-state index contributed by atoms with van der Waals surface area (Å²) in [5.41, 5.74) is 0.949. The Morgan fingerprint density at radius 3 is 3.05 bits per heavy atom. The van der Waals surface area contributed by atoms with Gasteiger partial charge in [0, 0.05) is 30.4 Å². The van der Waals surface area contributed by atoms with Crippen molar-refractivity contribution >= 4 is 5.95 Å². The molecule has 1 aromatic rings. The Labute approximate surface area is 120 Å². The molecule has 0 bridgehead atoms. The molecule has 0 aromatic carbocycles. The Kier molecular flexibility index (Phi) is 4.05. The van der Waals surface area contributed by atoms with Crippen LogP contribution in [0.4, 0.5) is 5.95 Å². The number of piperidine rings is 1.